The highest BCUT2D eigenvalue weighted by Crippen LogP contribution is 2.28. The molecule has 3 aromatic rings. The first-order chi connectivity index (χ1) is 14.1. The average Bonchev–Trinajstić information content (AvgIpc) is 3.40. The van der Waals surface area contributed by atoms with Gasteiger partial charge in [-0.2, -0.15) is 0 Å². The summed E-state index contributed by atoms with van der Waals surface area (Å²) in [4.78, 5) is 22.3. The minimum Gasteiger partial charge on any atom is -0.465 e. The highest BCUT2D eigenvalue weighted by atomic mass is 32.1. The molecule has 1 saturated heterocycles. The lowest BCUT2D eigenvalue weighted by atomic mass is 9.95. The second kappa shape index (κ2) is 8.57. The molecule has 150 valence electrons. The summed E-state index contributed by atoms with van der Waals surface area (Å²) in [6.45, 7) is 1.56. The third-order valence-corrected chi connectivity index (χ3v) is 5.90. The fraction of sp³-hybridized carbons (Fsp3) is 0.286. The predicted octanol–water partition coefficient (Wildman–Crippen LogP) is 4.05. The molecule has 2 aromatic heterocycles. The summed E-state index contributed by atoms with van der Waals surface area (Å²) < 4.78 is 13.1. The van der Waals surface area contributed by atoms with E-state index in [0.717, 1.165) is 42.1 Å². The van der Waals surface area contributed by atoms with Crippen molar-refractivity contribution in [3.05, 3.63) is 65.0 Å². The van der Waals surface area contributed by atoms with Crippen LogP contribution in [0.1, 0.15) is 12.1 Å². The van der Waals surface area contributed by atoms with Gasteiger partial charge in [-0.05, 0) is 42.2 Å². The van der Waals surface area contributed by atoms with Gasteiger partial charge in [0.05, 0.1) is 11.2 Å². The number of thiazole rings is 1. The average molecular weight is 412 g/mol. The Hall–Kier alpha value is -3.00. The van der Waals surface area contributed by atoms with Crippen LogP contribution in [0.15, 0.2) is 53.5 Å². The number of benzene rings is 1. The third-order valence-electron chi connectivity index (χ3n) is 5.26. The van der Waals surface area contributed by atoms with Crippen LogP contribution in [0.3, 0.4) is 0 Å². The highest BCUT2D eigenvalue weighted by Gasteiger charge is 2.31. The maximum atomic E-state index is 13.1. The maximum Gasteiger partial charge on any atom is 0.404 e. The molecule has 1 aliphatic heterocycles. The minimum absolute atomic E-state index is 0.182. The van der Waals surface area contributed by atoms with Crippen molar-refractivity contribution >= 4 is 23.2 Å². The van der Waals surface area contributed by atoms with E-state index >= 15 is 0 Å². The second-order valence-corrected chi connectivity index (χ2v) is 7.87. The van der Waals surface area contributed by atoms with Crippen LogP contribution in [0.25, 0.3) is 11.1 Å². The molecule has 8 heteroatoms. The van der Waals surface area contributed by atoms with Gasteiger partial charge in [-0.25, -0.2) is 19.2 Å². The van der Waals surface area contributed by atoms with Gasteiger partial charge in [0.2, 0.25) is 0 Å². The number of hydrogen-bond donors (Lipinski definition) is 2. The van der Waals surface area contributed by atoms with Gasteiger partial charge in [-0.3, -0.25) is 0 Å². The topological polar surface area (TPSA) is 78.3 Å². The van der Waals surface area contributed by atoms with Crippen LogP contribution in [0.5, 0.6) is 0 Å². The van der Waals surface area contributed by atoms with E-state index in [4.69, 9.17) is 0 Å². The summed E-state index contributed by atoms with van der Waals surface area (Å²) in [6, 6.07) is 10.1. The van der Waals surface area contributed by atoms with E-state index in [9.17, 15) is 14.3 Å². The fourth-order valence-electron chi connectivity index (χ4n) is 3.77. The first kappa shape index (κ1) is 19.3. The van der Waals surface area contributed by atoms with Gasteiger partial charge in [0.15, 0.2) is 0 Å². The third kappa shape index (κ3) is 4.71. The number of nitrogens with one attached hydrogen (secondary N) is 1. The molecule has 0 bridgehead atoms. The standard InChI is InChI=1S/C21H21FN4O2S/c22-17-4-1-14(2-5-17)15-3-6-20(23-10-15)26-8-7-16(11-26)19(25-21(27)28)9-18-12-29-13-24-18/h1-6,10,12-13,16,19,25H,7-9,11H2,(H,27,28). The molecule has 29 heavy (non-hydrogen) atoms. The number of amides is 1. The molecule has 1 amide bonds. The molecule has 1 fully saturated rings. The van der Waals surface area contributed by atoms with Gasteiger partial charge in [-0.15, -0.1) is 11.3 Å². The first-order valence-corrected chi connectivity index (χ1v) is 10.4. The van der Waals surface area contributed by atoms with Crippen molar-refractivity contribution < 1.29 is 14.3 Å². The van der Waals surface area contributed by atoms with Gasteiger partial charge in [-0.1, -0.05) is 12.1 Å². The van der Waals surface area contributed by atoms with E-state index in [0.29, 0.717) is 6.42 Å². The number of hydrogen-bond acceptors (Lipinski definition) is 5. The molecule has 2 unspecified atom stereocenters. The van der Waals surface area contributed by atoms with Crippen molar-refractivity contribution in [3.8, 4) is 11.1 Å². The molecule has 3 heterocycles. The normalized spacial score (nSPS) is 17.3. The molecule has 2 N–H and O–H groups in total. The Kier molecular flexibility index (Phi) is 5.71. The Labute approximate surface area is 172 Å². The van der Waals surface area contributed by atoms with Gasteiger partial charge in [0.1, 0.15) is 11.6 Å². The summed E-state index contributed by atoms with van der Waals surface area (Å²) >= 11 is 1.51. The van der Waals surface area contributed by atoms with Crippen LogP contribution < -0.4 is 10.2 Å². The van der Waals surface area contributed by atoms with Crippen LogP contribution >= 0.6 is 11.3 Å². The van der Waals surface area contributed by atoms with E-state index in [1.165, 1.54) is 23.5 Å². The largest absolute Gasteiger partial charge is 0.465 e. The number of carboxylic acid groups (broad SMARTS) is 1. The van der Waals surface area contributed by atoms with Crippen molar-refractivity contribution in [2.45, 2.75) is 18.9 Å². The Morgan fingerprint density at radius 2 is 2.03 bits per heavy atom. The molecule has 0 spiro atoms. The predicted molar refractivity (Wildman–Crippen MR) is 111 cm³/mol. The molecule has 6 nitrogen and oxygen atoms in total. The van der Waals surface area contributed by atoms with Gasteiger partial charge >= 0.3 is 6.09 Å². The smallest absolute Gasteiger partial charge is 0.404 e. The highest BCUT2D eigenvalue weighted by molar-refractivity contribution is 7.07. The molecule has 4 rings (SSSR count). The summed E-state index contributed by atoms with van der Waals surface area (Å²) in [6.07, 6.45) is 2.25. The minimum atomic E-state index is -1.01. The van der Waals surface area contributed by atoms with Crippen molar-refractivity contribution in [2.24, 2.45) is 5.92 Å². The lowest BCUT2D eigenvalue weighted by Crippen LogP contribution is -2.42. The van der Waals surface area contributed by atoms with Crippen LogP contribution in [0, 0.1) is 11.7 Å². The Morgan fingerprint density at radius 3 is 2.69 bits per heavy atom. The van der Waals surface area contributed by atoms with E-state index in [-0.39, 0.29) is 17.8 Å². The Balaban J connectivity index is 1.43. The monoisotopic (exact) mass is 412 g/mol. The Bertz CT molecular complexity index is 948. The molecule has 1 aliphatic rings. The van der Waals surface area contributed by atoms with Crippen LogP contribution in [0.4, 0.5) is 15.0 Å². The summed E-state index contributed by atoms with van der Waals surface area (Å²) in [5, 5.41) is 13.9. The number of halogens is 1. The van der Waals surface area contributed by atoms with E-state index in [1.54, 1.807) is 23.8 Å². The first-order valence-electron chi connectivity index (χ1n) is 9.42. The quantitative estimate of drug-likeness (QED) is 0.639. The van der Waals surface area contributed by atoms with Crippen LogP contribution in [-0.2, 0) is 6.42 Å². The summed E-state index contributed by atoms with van der Waals surface area (Å²) in [7, 11) is 0. The number of aromatic nitrogens is 2. The zero-order valence-corrected chi connectivity index (χ0v) is 16.5. The molecular weight excluding hydrogens is 391 g/mol. The fourth-order valence-corrected chi connectivity index (χ4v) is 4.34. The molecule has 0 radical (unpaired) electrons. The SMILES string of the molecule is O=C(O)NC(Cc1cscn1)C1CCN(c2ccc(-c3ccc(F)cc3)cn2)C1. The number of nitrogens with zero attached hydrogens (tertiary/aromatic N) is 3. The number of rotatable bonds is 6. The van der Waals surface area contributed by atoms with E-state index in [2.05, 4.69) is 20.2 Å². The van der Waals surface area contributed by atoms with Crippen molar-refractivity contribution in [1.82, 2.24) is 15.3 Å². The maximum absolute atomic E-state index is 13.1. The molecule has 0 aliphatic carbocycles. The molecule has 2 atom stereocenters. The van der Waals surface area contributed by atoms with Crippen molar-refractivity contribution in [3.63, 3.8) is 0 Å². The van der Waals surface area contributed by atoms with Crippen molar-refractivity contribution in [1.29, 1.82) is 0 Å². The van der Waals surface area contributed by atoms with Gasteiger partial charge in [0.25, 0.3) is 0 Å². The molecule has 1 aromatic carbocycles. The zero-order valence-electron chi connectivity index (χ0n) is 15.7. The van der Waals surface area contributed by atoms with Gasteiger partial charge < -0.3 is 15.3 Å². The number of anilines is 1. The van der Waals surface area contributed by atoms with E-state index in [1.807, 2.05) is 17.5 Å². The summed E-state index contributed by atoms with van der Waals surface area (Å²) in [5.74, 6) is 0.788. The van der Waals surface area contributed by atoms with Crippen LogP contribution in [-0.4, -0.2) is 40.3 Å². The van der Waals surface area contributed by atoms with Crippen molar-refractivity contribution in [2.75, 3.05) is 18.0 Å². The second-order valence-electron chi connectivity index (χ2n) is 7.15. The summed E-state index contributed by atoms with van der Waals surface area (Å²) in [5.41, 5.74) is 4.52. The number of carbonyl (C=O) groups is 1. The molecule has 0 saturated carbocycles. The van der Waals surface area contributed by atoms with Gasteiger partial charge in [0, 0.05) is 42.7 Å². The lowest BCUT2D eigenvalue weighted by Gasteiger charge is -2.24. The molecular formula is C21H21FN4O2S. The lowest BCUT2D eigenvalue weighted by molar-refractivity contribution is 0.185. The van der Waals surface area contributed by atoms with E-state index < -0.39 is 6.09 Å². The zero-order chi connectivity index (χ0) is 20.2. The Morgan fingerprint density at radius 1 is 1.24 bits per heavy atom. The van der Waals surface area contributed by atoms with Crippen LogP contribution in [0.2, 0.25) is 0 Å². The number of pyridine rings is 1.